The zero-order valence-corrected chi connectivity index (χ0v) is 25.2. The summed E-state index contributed by atoms with van der Waals surface area (Å²) in [6.07, 6.45) is 4.45. The summed E-state index contributed by atoms with van der Waals surface area (Å²) in [4.78, 5) is 54.1. The number of anilines is 1. The lowest BCUT2D eigenvalue weighted by Crippen LogP contribution is -2.24. The van der Waals surface area contributed by atoms with Crippen LogP contribution in [0.15, 0.2) is 72.8 Å². The van der Waals surface area contributed by atoms with E-state index < -0.39 is 15.8 Å². The molecule has 2 heterocycles. The van der Waals surface area contributed by atoms with E-state index in [-0.39, 0.29) is 28.6 Å². The van der Waals surface area contributed by atoms with Gasteiger partial charge in [-0.3, -0.25) is 29.8 Å². The molecule has 0 spiro atoms. The summed E-state index contributed by atoms with van der Waals surface area (Å²) in [6, 6.07) is 18.4. The average Bonchev–Trinajstić information content (AvgIpc) is 3.06. The van der Waals surface area contributed by atoms with Crippen LogP contribution < -0.4 is 5.73 Å². The monoisotopic (exact) mass is 635 g/mol. The fourth-order valence-electron chi connectivity index (χ4n) is 4.94. The van der Waals surface area contributed by atoms with E-state index in [0.29, 0.717) is 56.5 Å². The van der Waals surface area contributed by atoms with Crippen LogP contribution in [0.4, 0.5) is 17.1 Å². The molecule has 3 aromatic rings. The van der Waals surface area contributed by atoms with Crippen molar-refractivity contribution in [1.82, 2.24) is 0 Å². The number of nitro benzene ring substituents is 2. The van der Waals surface area contributed by atoms with E-state index in [2.05, 4.69) is 0 Å². The summed E-state index contributed by atoms with van der Waals surface area (Å²) in [6.45, 7) is 2.83. The quantitative estimate of drug-likeness (QED) is 0.126. The van der Waals surface area contributed by atoms with Gasteiger partial charge in [0.25, 0.3) is 11.4 Å². The molecule has 13 heteroatoms. The summed E-state index contributed by atoms with van der Waals surface area (Å²) in [5.41, 5.74) is 7.51. The Bertz CT molecular complexity index is 1490. The van der Waals surface area contributed by atoms with Crippen LogP contribution in [0.3, 0.4) is 0 Å². The fraction of sp³-hybridized carbons (Fsp3) is 0.364. The van der Waals surface area contributed by atoms with E-state index in [4.69, 9.17) is 20.3 Å². The van der Waals surface area contributed by atoms with E-state index in [9.17, 15) is 34.6 Å². The summed E-state index contributed by atoms with van der Waals surface area (Å²) in [5, 5.41) is 29.3. The van der Waals surface area contributed by atoms with Gasteiger partial charge in [0.15, 0.2) is 5.78 Å². The normalized spacial score (nSPS) is 14.9. The second kappa shape index (κ2) is 18.1. The molecule has 2 fully saturated rings. The van der Waals surface area contributed by atoms with Crippen molar-refractivity contribution >= 4 is 34.6 Å². The molecular formula is C33H37N3O10. The van der Waals surface area contributed by atoms with Gasteiger partial charge in [0, 0.05) is 80.7 Å². The maximum atomic E-state index is 12.0. The van der Waals surface area contributed by atoms with Gasteiger partial charge in [0.1, 0.15) is 5.78 Å². The molecule has 0 unspecified atom stereocenters. The number of ether oxygens (including phenoxy) is 2. The van der Waals surface area contributed by atoms with Crippen LogP contribution in [-0.4, -0.2) is 58.9 Å². The number of benzene rings is 3. The van der Waals surface area contributed by atoms with Crippen molar-refractivity contribution in [1.29, 1.82) is 0 Å². The summed E-state index contributed by atoms with van der Waals surface area (Å²) in [5.74, 6) is -0.362. The highest BCUT2D eigenvalue weighted by molar-refractivity contribution is 5.96. The molecule has 0 atom stereocenters. The maximum absolute atomic E-state index is 12.0. The number of hydrogen-bond acceptors (Lipinski definition) is 10. The van der Waals surface area contributed by atoms with Crippen molar-refractivity contribution in [2.75, 3.05) is 32.2 Å². The molecule has 244 valence electrons. The molecule has 13 nitrogen and oxygen atoms in total. The van der Waals surface area contributed by atoms with E-state index in [0.717, 1.165) is 43.0 Å². The van der Waals surface area contributed by atoms with Crippen LogP contribution in [0.5, 0.6) is 0 Å². The highest BCUT2D eigenvalue weighted by atomic mass is 16.6. The SMILES string of the molecule is Nc1cccc(CC(=O)C2CCOCC2)c1.O=C(CC1CCOCC1)c1cccc([N+](=O)[O-])c1.O=C(O)c1cccc([N+](=O)[O-])c1. The largest absolute Gasteiger partial charge is 0.478 e. The van der Waals surface area contributed by atoms with E-state index in [1.165, 1.54) is 30.3 Å². The minimum Gasteiger partial charge on any atom is -0.478 e. The zero-order valence-electron chi connectivity index (χ0n) is 25.2. The summed E-state index contributed by atoms with van der Waals surface area (Å²) in [7, 11) is 0. The highest BCUT2D eigenvalue weighted by Crippen LogP contribution is 2.23. The van der Waals surface area contributed by atoms with Crippen LogP contribution in [0.25, 0.3) is 0 Å². The number of carboxylic acid groups (broad SMARTS) is 1. The molecule has 0 aliphatic carbocycles. The molecule has 46 heavy (non-hydrogen) atoms. The Morgan fingerprint density at radius 2 is 1.28 bits per heavy atom. The van der Waals surface area contributed by atoms with Gasteiger partial charge >= 0.3 is 5.97 Å². The molecule has 0 saturated carbocycles. The van der Waals surface area contributed by atoms with E-state index >= 15 is 0 Å². The third kappa shape index (κ3) is 11.8. The number of carboxylic acids is 1. The van der Waals surface area contributed by atoms with Gasteiger partial charge in [-0.05, 0) is 55.4 Å². The number of nitro groups is 2. The molecular weight excluding hydrogens is 598 g/mol. The third-order valence-electron chi connectivity index (χ3n) is 7.50. The molecule has 5 rings (SSSR count). The fourth-order valence-corrected chi connectivity index (χ4v) is 4.94. The van der Waals surface area contributed by atoms with Crippen molar-refractivity contribution < 1.29 is 38.8 Å². The number of nitrogens with two attached hydrogens (primary N) is 1. The smallest absolute Gasteiger partial charge is 0.335 e. The molecule has 0 bridgehead atoms. The Kier molecular flexibility index (Phi) is 13.9. The minimum absolute atomic E-state index is 0.0226. The number of rotatable bonds is 9. The number of non-ortho nitro benzene ring substituents is 2. The molecule has 3 N–H and O–H groups in total. The van der Waals surface area contributed by atoms with Gasteiger partial charge < -0.3 is 20.3 Å². The van der Waals surface area contributed by atoms with Crippen molar-refractivity contribution in [3.63, 3.8) is 0 Å². The van der Waals surface area contributed by atoms with Gasteiger partial charge in [-0.1, -0.05) is 30.3 Å². The molecule has 0 amide bonds. The van der Waals surface area contributed by atoms with Crippen LogP contribution in [0, 0.1) is 32.1 Å². The van der Waals surface area contributed by atoms with Crippen LogP contribution in [0.2, 0.25) is 0 Å². The van der Waals surface area contributed by atoms with Crippen molar-refractivity contribution in [3.8, 4) is 0 Å². The number of Topliss-reactive ketones (excluding diaryl/α,β-unsaturated/α-hetero) is 2. The van der Waals surface area contributed by atoms with Gasteiger partial charge in [0.2, 0.25) is 0 Å². The number of carbonyl (C=O) groups is 3. The van der Waals surface area contributed by atoms with Crippen LogP contribution in [0.1, 0.15) is 58.4 Å². The second-order valence-corrected chi connectivity index (χ2v) is 10.9. The first-order valence-corrected chi connectivity index (χ1v) is 14.8. The van der Waals surface area contributed by atoms with Crippen molar-refractivity contribution in [3.05, 3.63) is 110 Å². The standard InChI is InChI=1S/C13H15NO4.C13H17NO2.C7H5NO4/c15-13(8-10-4-6-18-7-5-10)11-2-1-3-12(9-11)14(16)17;14-12-3-1-2-10(8-12)9-13(15)11-4-6-16-7-5-11;9-7(10)5-2-1-3-6(4-5)8(11)12/h1-3,9-10H,4-8H2;1-3,8,11H,4-7,9,14H2;1-4H,(H,9,10). The van der Waals surface area contributed by atoms with Gasteiger partial charge in [-0.15, -0.1) is 0 Å². The molecule has 3 aromatic carbocycles. The number of nitrogens with zero attached hydrogens (tertiary/aromatic N) is 2. The molecule has 0 aromatic heterocycles. The Labute approximate surface area is 265 Å². The van der Waals surface area contributed by atoms with Crippen molar-refractivity contribution in [2.24, 2.45) is 11.8 Å². The van der Waals surface area contributed by atoms with Gasteiger partial charge in [0.05, 0.1) is 15.4 Å². The Balaban J connectivity index is 0.000000192. The predicted molar refractivity (Wildman–Crippen MR) is 169 cm³/mol. The molecule has 0 radical (unpaired) electrons. The van der Waals surface area contributed by atoms with Gasteiger partial charge in [-0.25, -0.2) is 4.79 Å². The van der Waals surface area contributed by atoms with E-state index in [1.807, 2.05) is 24.3 Å². The van der Waals surface area contributed by atoms with E-state index in [1.54, 1.807) is 12.1 Å². The Morgan fingerprint density at radius 1 is 0.761 bits per heavy atom. The highest BCUT2D eigenvalue weighted by Gasteiger charge is 2.22. The predicted octanol–water partition coefficient (Wildman–Crippen LogP) is 5.69. The second-order valence-electron chi connectivity index (χ2n) is 10.9. The summed E-state index contributed by atoms with van der Waals surface area (Å²) < 4.78 is 10.5. The first-order valence-electron chi connectivity index (χ1n) is 14.8. The van der Waals surface area contributed by atoms with Crippen LogP contribution >= 0.6 is 0 Å². The summed E-state index contributed by atoms with van der Waals surface area (Å²) >= 11 is 0. The molecule has 2 aliphatic rings. The van der Waals surface area contributed by atoms with Gasteiger partial charge in [-0.2, -0.15) is 0 Å². The minimum atomic E-state index is -1.17. The number of nitrogen functional groups attached to an aromatic ring is 1. The van der Waals surface area contributed by atoms with Crippen molar-refractivity contribution in [2.45, 2.75) is 38.5 Å². The lowest BCUT2D eigenvalue weighted by molar-refractivity contribution is -0.385. The van der Waals surface area contributed by atoms with Crippen LogP contribution in [-0.2, 0) is 20.7 Å². The third-order valence-corrected chi connectivity index (χ3v) is 7.50. The number of aromatic carboxylic acids is 1. The topological polar surface area (TPSA) is 202 Å². The lowest BCUT2D eigenvalue weighted by atomic mass is 9.91. The Hall–Kier alpha value is -5.01. The average molecular weight is 636 g/mol. The first-order chi connectivity index (χ1) is 22.0. The number of carbonyl (C=O) groups excluding carboxylic acids is 2. The number of hydrogen-bond donors (Lipinski definition) is 2. The molecule has 2 saturated heterocycles. The Morgan fingerprint density at radius 3 is 1.83 bits per heavy atom. The maximum Gasteiger partial charge on any atom is 0.335 e. The lowest BCUT2D eigenvalue weighted by Gasteiger charge is -2.21. The zero-order chi connectivity index (χ0) is 33.5. The number of ketones is 2. The first kappa shape index (κ1) is 35.5. The molecule has 2 aliphatic heterocycles.